The van der Waals surface area contributed by atoms with Gasteiger partial charge >= 0.3 is 0 Å². The van der Waals surface area contributed by atoms with Crippen LogP contribution >= 0.6 is 0 Å². The Kier molecular flexibility index (Phi) is 6.67. The van der Waals surface area contributed by atoms with Crippen LogP contribution in [0.25, 0.3) is 11.1 Å². The van der Waals surface area contributed by atoms with Gasteiger partial charge in [0.2, 0.25) is 11.9 Å². The Balaban J connectivity index is 1.69. The molecule has 0 saturated heterocycles. The van der Waals surface area contributed by atoms with E-state index in [4.69, 9.17) is 0 Å². The number of pyridine rings is 2. The predicted octanol–water partition coefficient (Wildman–Crippen LogP) is 4.78. The molecule has 0 spiro atoms. The van der Waals surface area contributed by atoms with Crippen molar-refractivity contribution in [2.75, 3.05) is 11.9 Å². The number of aromatic nitrogens is 2. The zero-order valence-electron chi connectivity index (χ0n) is 17.4. The summed E-state index contributed by atoms with van der Waals surface area (Å²) in [5.41, 5.74) is 4.98. The molecule has 3 aromatic rings. The number of benzene rings is 1. The summed E-state index contributed by atoms with van der Waals surface area (Å²) in [6.07, 6.45) is 4.35. The van der Waals surface area contributed by atoms with Crippen molar-refractivity contribution in [2.24, 2.45) is 0 Å². The number of anilines is 1. The normalized spacial score (nSPS) is 10.7. The van der Waals surface area contributed by atoms with E-state index in [2.05, 4.69) is 9.97 Å². The molecule has 0 unspecified atom stereocenters. The average Bonchev–Trinajstić information content (AvgIpc) is 2.77. The van der Waals surface area contributed by atoms with E-state index in [9.17, 15) is 14.0 Å². The second-order valence-electron chi connectivity index (χ2n) is 7.15. The van der Waals surface area contributed by atoms with Gasteiger partial charge in [-0.1, -0.05) is 25.1 Å². The van der Waals surface area contributed by atoms with Gasteiger partial charge in [-0.05, 0) is 54.3 Å². The summed E-state index contributed by atoms with van der Waals surface area (Å²) in [5.74, 6) is -0.546. The summed E-state index contributed by atoms with van der Waals surface area (Å²) in [6, 6.07) is 12.4. The predicted molar refractivity (Wildman–Crippen MR) is 115 cm³/mol. The van der Waals surface area contributed by atoms with Gasteiger partial charge in [-0.15, -0.1) is 0 Å². The van der Waals surface area contributed by atoms with Crippen LogP contribution in [-0.4, -0.2) is 28.7 Å². The molecule has 3 rings (SSSR count). The molecule has 2 heterocycles. The zero-order chi connectivity index (χ0) is 21.7. The second kappa shape index (κ2) is 9.39. The molecule has 1 aromatic carbocycles. The van der Waals surface area contributed by atoms with Gasteiger partial charge in [-0.25, -0.2) is 4.98 Å². The summed E-state index contributed by atoms with van der Waals surface area (Å²) in [6.45, 7) is 3.82. The topological polar surface area (TPSA) is 63.2 Å². The van der Waals surface area contributed by atoms with Crippen molar-refractivity contribution >= 4 is 17.4 Å². The van der Waals surface area contributed by atoms with Crippen LogP contribution in [0.1, 0.15) is 41.4 Å². The molecule has 5 nitrogen and oxygen atoms in total. The molecule has 0 aliphatic rings. The van der Waals surface area contributed by atoms with Gasteiger partial charge in [-0.3, -0.25) is 14.6 Å². The largest absolute Gasteiger partial charge is 0.316 e. The third-order valence-electron chi connectivity index (χ3n) is 5.06. The van der Waals surface area contributed by atoms with E-state index in [1.54, 1.807) is 30.3 Å². The first-order valence-corrected chi connectivity index (χ1v) is 9.86. The van der Waals surface area contributed by atoms with Crippen LogP contribution in [0, 0.1) is 12.9 Å². The molecule has 0 aliphatic carbocycles. The zero-order valence-corrected chi connectivity index (χ0v) is 17.4. The Morgan fingerprint density at radius 3 is 2.43 bits per heavy atom. The first kappa shape index (κ1) is 21.3. The summed E-state index contributed by atoms with van der Waals surface area (Å²) in [5, 5.41) is 0. The minimum absolute atomic E-state index is 0.0584. The van der Waals surface area contributed by atoms with Crippen LogP contribution in [0.3, 0.4) is 0 Å². The van der Waals surface area contributed by atoms with Crippen molar-refractivity contribution in [1.29, 1.82) is 0 Å². The molecule has 0 bridgehead atoms. The Morgan fingerprint density at radius 2 is 1.83 bits per heavy atom. The number of ketones is 1. The highest BCUT2D eigenvalue weighted by Gasteiger charge is 2.12. The van der Waals surface area contributed by atoms with Gasteiger partial charge in [0, 0.05) is 43.5 Å². The van der Waals surface area contributed by atoms with Crippen LogP contribution < -0.4 is 4.90 Å². The van der Waals surface area contributed by atoms with Crippen LogP contribution in [0.4, 0.5) is 10.1 Å². The smallest absolute Gasteiger partial charge is 0.226 e. The molecule has 0 atom stereocenters. The Hall–Kier alpha value is -3.41. The minimum Gasteiger partial charge on any atom is -0.316 e. The highest BCUT2D eigenvalue weighted by Crippen LogP contribution is 2.27. The SMILES string of the molecule is CCC(=O)N(C)c1ccc(-c2ccc(C(=O)CCc3ccc(F)nc3)nc2)c(C)c1. The van der Waals surface area contributed by atoms with Crippen molar-refractivity contribution in [1.82, 2.24) is 9.97 Å². The average molecular weight is 405 g/mol. The van der Waals surface area contributed by atoms with Crippen LogP contribution in [-0.2, 0) is 11.2 Å². The molecule has 0 fully saturated rings. The molecular weight excluding hydrogens is 381 g/mol. The number of carbonyl (C=O) groups excluding carboxylic acids is 2. The summed E-state index contributed by atoms with van der Waals surface area (Å²) >= 11 is 0. The van der Waals surface area contributed by atoms with E-state index in [0.29, 0.717) is 18.5 Å². The van der Waals surface area contributed by atoms with Gasteiger partial charge in [-0.2, -0.15) is 4.39 Å². The number of Topliss-reactive ketones (excluding diaryl/α,β-unsaturated/α-hetero) is 1. The molecule has 0 N–H and O–H groups in total. The fourth-order valence-corrected chi connectivity index (χ4v) is 3.22. The Bertz CT molecular complexity index is 1050. The van der Waals surface area contributed by atoms with Crippen molar-refractivity contribution in [2.45, 2.75) is 33.1 Å². The van der Waals surface area contributed by atoms with Gasteiger partial charge in [0.05, 0.1) is 0 Å². The van der Waals surface area contributed by atoms with Crippen molar-refractivity contribution in [3.8, 4) is 11.1 Å². The number of hydrogen-bond acceptors (Lipinski definition) is 4. The fourth-order valence-electron chi connectivity index (χ4n) is 3.22. The lowest BCUT2D eigenvalue weighted by Crippen LogP contribution is -2.25. The molecule has 0 aliphatic heterocycles. The fraction of sp³-hybridized carbons (Fsp3) is 0.250. The first-order chi connectivity index (χ1) is 14.4. The quantitative estimate of drug-likeness (QED) is 0.419. The van der Waals surface area contributed by atoms with Gasteiger partial charge in [0.1, 0.15) is 5.69 Å². The maximum atomic E-state index is 12.9. The van der Waals surface area contributed by atoms with Crippen LogP contribution in [0.5, 0.6) is 0 Å². The van der Waals surface area contributed by atoms with E-state index in [1.807, 2.05) is 38.1 Å². The Labute approximate surface area is 175 Å². The minimum atomic E-state index is -0.533. The van der Waals surface area contributed by atoms with Crippen molar-refractivity contribution in [3.63, 3.8) is 0 Å². The standard InChI is InChI=1S/C24H24FN3O2/c1-4-24(30)28(3)19-8-9-20(16(2)13-19)18-7-10-21(26-15-18)22(29)11-5-17-6-12-23(25)27-14-17/h6-10,12-15H,4-5,11H2,1-3H3. The third kappa shape index (κ3) is 4.95. The third-order valence-corrected chi connectivity index (χ3v) is 5.06. The van der Waals surface area contributed by atoms with E-state index in [1.165, 1.54) is 12.3 Å². The molecule has 6 heteroatoms. The summed E-state index contributed by atoms with van der Waals surface area (Å²) < 4.78 is 12.9. The second-order valence-corrected chi connectivity index (χ2v) is 7.15. The lowest BCUT2D eigenvalue weighted by molar-refractivity contribution is -0.118. The first-order valence-electron chi connectivity index (χ1n) is 9.86. The summed E-state index contributed by atoms with van der Waals surface area (Å²) in [4.78, 5) is 33.9. The van der Waals surface area contributed by atoms with Crippen molar-refractivity contribution < 1.29 is 14.0 Å². The van der Waals surface area contributed by atoms with E-state index in [-0.39, 0.29) is 18.1 Å². The number of aryl methyl sites for hydroxylation is 2. The van der Waals surface area contributed by atoms with E-state index in [0.717, 1.165) is 27.9 Å². The number of hydrogen-bond donors (Lipinski definition) is 0. The molecule has 30 heavy (non-hydrogen) atoms. The maximum Gasteiger partial charge on any atom is 0.226 e. The Morgan fingerprint density at radius 1 is 1.03 bits per heavy atom. The molecule has 0 saturated carbocycles. The molecule has 1 amide bonds. The molecule has 154 valence electrons. The number of rotatable bonds is 7. The van der Waals surface area contributed by atoms with Crippen LogP contribution in [0.15, 0.2) is 54.9 Å². The van der Waals surface area contributed by atoms with Crippen LogP contribution in [0.2, 0.25) is 0 Å². The molecule has 0 radical (unpaired) electrons. The number of carbonyl (C=O) groups is 2. The maximum absolute atomic E-state index is 12.9. The van der Waals surface area contributed by atoms with Gasteiger partial charge < -0.3 is 4.90 Å². The lowest BCUT2D eigenvalue weighted by Gasteiger charge is -2.18. The summed E-state index contributed by atoms with van der Waals surface area (Å²) in [7, 11) is 1.77. The van der Waals surface area contributed by atoms with E-state index < -0.39 is 5.95 Å². The van der Waals surface area contributed by atoms with Crippen molar-refractivity contribution in [3.05, 3.63) is 77.6 Å². The lowest BCUT2D eigenvalue weighted by atomic mass is 10.00. The van der Waals surface area contributed by atoms with Gasteiger partial charge in [0.25, 0.3) is 0 Å². The molecule has 2 aromatic heterocycles. The number of amides is 1. The number of nitrogens with zero attached hydrogens (tertiary/aromatic N) is 3. The molecular formula is C24H24FN3O2. The van der Waals surface area contributed by atoms with Gasteiger partial charge in [0.15, 0.2) is 5.78 Å². The highest BCUT2D eigenvalue weighted by atomic mass is 19.1. The monoisotopic (exact) mass is 405 g/mol. The van der Waals surface area contributed by atoms with E-state index >= 15 is 0 Å². The highest BCUT2D eigenvalue weighted by molar-refractivity contribution is 5.95. The number of halogens is 1.